The van der Waals surface area contributed by atoms with Crippen molar-refractivity contribution in [2.24, 2.45) is 5.10 Å². The molecule has 0 heterocycles. The van der Waals surface area contributed by atoms with Crippen LogP contribution in [0.25, 0.3) is 0 Å². The monoisotopic (exact) mass is 574 g/mol. The summed E-state index contributed by atoms with van der Waals surface area (Å²) in [6.45, 7) is 2.99. The fraction of sp³-hybridized carbons (Fsp3) is 0.100. The van der Waals surface area contributed by atoms with Crippen LogP contribution < -0.4 is 15.0 Å². The van der Waals surface area contributed by atoms with Crippen LogP contribution in [0, 0.1) is 6.92 Å². The summed E-state index contributed by atoms with van der Waals surface area (Å²) in [6, 6.07) is 28.5. The molecule has 204 valence electrons. The zero-order valence-corrected chi connectivity index (χ0v) is 23.4. The quantitative estimate of drug-likeness (QED) is 0.199. The molecule has 40 heavy (non-hydrogen) atoms. The lowest BCUT2D eigenvalue weighted by Gasteiger charge is -2.24. The molecule has 0 aliphatic rings. The minimum Gasteiger partial charge on any atom is -0.322 e. The van der Waals surface area contributed by atoms with E-state index in [1.807, 2.05) is 6.07 Å². The largest absolute Gasteiger partial charge is 0.322 e. The van der Waals surface area contributed by atoms with E-state index < -0.39 is 22.5 Å². The van der Waals surface area contributed by atoms with Gasteiger partial charge in [-0.1, -0.05) is 66.2 Å². The van der Waals surface area contributed by atoms with Crippen LogP contribution in [0.15, 0.2) is 113 Å². The molecule has 0 radical (unpaired) electrons. The minimum atomic E-state index is -4.07. The fourth-order valence-electron chi connectivity index (χ4n) is 3.74. The Balaban J connectivity index is 1.47. The van der Waals surface area contributed by atoms with E-state index in [4.69, 9.17) is 11.6 Å². The second-order valence-corrected chi connectivity index (χ2v) is 11.2. The topological polar surface area (TPSA) is 108 Å². The van der Waals surface area contributed by atoms with E-state index in [0.29, 0.717) is 27.5 Å². The van der Waals surface area contributed by atoms with Crippen molar-refractivity contribution in [3.63, 3.8) is 0 Å². The summed E-state index contributed by atoms with van der Waals surface area (Å²) in [7, 11) is -4.07. The van der Waals surface area contributed by atoms with Gasteiger partial charge in [-0.15, -0.1) is 0 Å². The van der Waals surface area contributed by atoms with E-state index in [9.17, 15) is 18.0 Å². The second kappa shape index (κ2) is 12.6. The molecule has 8 nitrogen and oxygen atoms in total. The first-order valence-corrected chi connectivity index (χ1v) is 14.1. The Kier molecular flexibility index (Phi) is 8.98. The van der Waals surface area contributed by atoms with E-state index in [0.717, 1.165) is 9.87 Å². The van der Waals surface area contributed by atoms with Gasteiger partial charge in [-0.05, 0) is 73.5 Å². The summed E-state index contributed by atoms with van der Waals surface area (Å²) in [5.74, 6) is -0.863. The smallest absolute Gasteiger partial charge is 0.264 e. The zero-order chi connectivity index (χ0) is 28.7. The Bertz CT molecular complexity index is 1640. The number of amides is 2. The molecule has 0 fully saturated rings. The molecule has 0 aliphatic heterocycles. The number of sulfonamides is 1. The molecule has 0 aromatic heterocycles. The van der Waals surface area contributed by atoms with Crippen LogP contribution >= 0.6 is 11.6 Å². The van der Waals surface area contributed by atoms with Crippen molar-refractivity contribution >= 4 is 50.5 Å². The molecular weight excluding hydrogens is 548 g/mol. The average molecular weight is 575 g/mol. The molecule has 0 spiro atoms. The van der Waals surface area contributed by atoms with E-state index >= 15 is 0 Å². The lowest BCUT2D eigenvalue weighted by Crippen LogP contribution is -2.39. The highest BCUT2D eigenvalue weighted by Gasteiger charge is 2.27. The molecule has 10 heteroatoms. The Hall–Kier alpha value is -4.47. The van der Waals surface area contributed by atoms with E-state index in [1.165, 1.54) is 18.2 Å². The lowest BCUT2D eigenvalue weighted by atomic mass is 10.1. The van der Waals surface area contributed by atoms with E-state index in [-0.39, 0.29) is 16.5 Å². The zero-order valence-electron chi connectivity index (χ0n) is 21.8. The second-order valence-electron chi connectivity index (χ2n) is 8.89. The molecular formula is C30H27ClN4O4S. The van der Waals surface area contributed by atoms with Gasteiger partial charge < -0.3 is 5.32 Å². The van der Waals surface area contributed by atoms with Crippen molar-refractivity contribution in [2.45, 2.75) is 18.7 Å². The first kappa shape index (κ1) is 28.5. The number of hydrogen-bond acceptors (Lipinski definition) is 5. The molecule has 0 saturated heterocycles. The molecule has 2 amide bonds. The number of carbonyl (C=O) groups excluding carboxylic acids is 2. The summed E-state index contributed by atoms with van der Waals surface area (Å²) in [5, 5.41) is 7.35. The van der Waals surface area contributed by atoms with Crippen LogP contribution in [-0.2, 0) is 14.8 Å². The third kappa shape index (κ3) is 6.93. The third-order valence-corrected chi connectivity index (χ3v) is 8.20. The van der Waals surface area contributed by atoms with Crippen LogP contribution in [0.5, 0.6) is 0 Å². The number of benzene rings is 4. The van der Waals surface area contributed by atoms with Gasteiger partial charge >= 0.3 is 0 Å². The highest BCUT2D eigenvalue weighted by atomic mass is 35.5. The number of carbonyl (C=O) groups is 2. The van der Waals surface area contributed by atoms with E-state index in [2.05, 4.69) is 15.8 Å². The molecule has 0 atom stereocenters. The van der Waals surface area contributed by atoms with Gasteiger partial charge in [0.15, 0.2) is 0 Å². The number of aryl methyl sites for hydroxylation is 1. The van der Waals surface area contributed by atoms with Crippen LogP contribution in [0.1, 0.15) is 28.4 Å². The van der Waals surface area contributed by atoms with Crippen molar-refractivity contribution in [1.82, 2.24) is 5.43 Å². The lowest BCUT2D eigenvalue weighted by molar-refractivity contribution is -0.119. The number of halogens is 1. The van der Waals surface area contributed by atoms with Gasteiger partial charge in [0.25, 0.3) is 21.8 Å². The Morgan fingerprint density at radius 3 is 2.10 bits per heavy atom. The van der Waals surface area contributed by atoms with Crippen molar-refractivity contribution in [2.75, 3.05) is 16.2 Å². The fourth-order valence-corrected chi connectivity index (χ4v) is 5.34. The van der Waals surface area contributed by atoms with Crippen LogP contribution in [0.3, 0.4) is 0 Å². The average Bonchev–Trinajstić information content (AvgIpc) is 2.97. The number of anilines is 2. The van der Waals surface area contributed by atoms with Crippen molar-refractivity contribution in [3.05, 3.63) is 125 Å². The van der Waals surface area contributed by atoms with E-state index in [1.54, 1.807) is 92.7 Å². The number of hydrogen-bond donors (Lipinski definition) is 2. The first-order valence-electron chi connectivity index (χ1n) is 12.3. The van der Waals surface area contributed by atoms with Gasteiger partial charge in [-0.25, -0.2) is 13.8 Å². The summed E-state index contributed by atoms with van der Waals surface area (Å²) in [6.07, 6.45) is 0. The van der Waals surface area contributed by atoms with Crippen molar-refractivity contribution in [1.29, 1.82) is 0 Å². The Morgan fingerprint density at radius 1 is 0.850 bits per heavy atom. The molecule has 4 aromatic rings. The SMILES string of the molecule is C/C(=N/NC(=O)CN(c1ccc(C)c(Cl)c1)S(=O)(=O)c1ccccc1)c1ccc(NC(=O)c2ccccc2)cc1. The molecule has 0 aliphatic carbocycles. The minimum absolute atomic E-state index is 0.0404. The molecule has 4 aromatic carbocycles. The maximum atomic E-state index is 13.5. The number of rotatable bonds is 9. The van der Waals surface area contributed by atoms with Gasteiger partial charge in [0.2, 0.25) is 0 Å². The predicted molar refractivity (Wildman–Crippen MR) is 158 cm³/mol. The van der Waals surface area contributed by atoms with Crippen LogP contribution in [-0.4, -0.2) is 32.5 Å². The van der Waals surface area contributed by atoms with Gasteiger partial charge in [-0.2, -0.15) is 5.10 Å². The van der Waals surface area contributed by atoms with Crippen molar-refractivity contribution < 1.29 is 18.0 Å². The summed E-state index contributed by atoms with van der Waals surface area (Å²) < 4.78 is 27.9. The normalized spacial score (nSPS) is 11.5. The van der Waals surface area contributed by atoms with Crippen LogP contribution in [0.2, 0.25) is 5.02 Å². The molecule has 4 rings (SSSR count). The molecule has 0 unspecified atom stereocenters. The van der Waals surface area contributed by atoms with Gasteiger partial charge in [-0.3, -0.25) is 13.9 Å². The molecule has 2 N–H and O–H groups in total. The van der Waals surface area contributed by atoms with Crippen LogP contribution in [0.4, 0.5) is 11.4 Å². The molecule has 0 saturated carbocycles. The standard InChI is InChI=1S/C30H27ClN4O4S/c1-21-13-18-26(19-28(21)31)35(40(38,39)27-11-7-4-8-12-27)20-29(36)34-33-22(2)23-14-16-25(17-15-23)32-30(37)24-9-5-3-6-10-24/h3-19H,20H2,1-2H3,(H,32,37)(H,34,36)/b33-22-. The van der Waals surface area contributed by atoms with Gasteiger partial charge in [0, 0.05) is 16.3 Å². The first-order chi connectivity index (χ1) is 19.1. The highest BCUT2D eigenvalue weighted by molar-refractivity contribution is 7.92. The maximum Gasteiger partial charge on any atom is 0.264 e. The highest BCUT2D eigenvalue weighted by Crippen LogP contribution is 2.28. The summed E-state index contributed by atoms with van der Waals surface area (Å²) >= 11 is 6.26. The number of nitrogens with zero attached hydrogens (tertiary/aromatic N) is 2. The summed E-state index contributed by atoms with van der Waals surface area (Å²) in [4.78, 5) is 25.3. The van der Waals surface area contributed by atoms with Gasteiger partial charge in [0.05, 0.1) is 16.3 Å². The summed E-state index contributed by atoms with van der Waals surface area (Å²) in [5.41, 5.74) is 5.81. The third-order valence-electron chi connectivity index (χ3n) is 6.01. The van der Waals surface area contributed by atoms with Crippen molar-refractivity contribution in [3.8, 4) is 0 Å². The number of nitrogens with one attached hydrogen (secondary N) is 2. The maximum absolute atomic E-state index is 13.5. The molecule has 0 bridgehead atoms. The Morgan fingerprint density at radius 2 is 1.48 bits per heavy atom. The van der Waals surface area contributed by atoms with Gasteiger partial charge in [0.1, 0.15) is 6.54 Å². The number of hydrazone groups is 1. The Labute approximate surface area is 238 Å². The predicted octanol–water partition coefficient (Wildman–Crippen LogP) is 5.64.